The van der Waals surface area contributed by atoms with Crippen molar-refractivity contribution < 1.29 is 33.3 Å². The largest absolute Gasteiger partial charge is 0.383 e. The zero-order chi connectivity index (χ0) is 22.2. The van der Waals surface area contributed by atoms with Gasteiger partial charge in [-0.05, 0) is 19.3 Å². The van der Waals surface area contributed by atoms with E-state index in [0.29, 0.717) is 71.6 Å². The van der Waals surface area contributed by atoms with Crippen molar-refractivity contribution >= 4 is 17.6 Å². The molecule has 0 aliphatic carbocycles. The fraction of sp³-hybridized carbons (Fsp3) is 0.857. The number of rotatable bonds is 17. The van der Waals surface area contributed by atoms with Crippen molar-refractivity contribution in [2.45, 2.75) is 57.6 Å². The van der Waals surface area contributed by atoms with Crippen molar-refractivity contribution in [3.8, 4) is 0 Å². The number of amides is 2. The van der Waals surface area contributed by atoms with Crippen LogP contribution in [0.25, 0.3) is 0 Å². The summed E-state index contributed by atoms with van der Waals surface area (Å²) < 4.78 is 21.2. The van der Waals surface area contributed by atoms with E-state index in [4.69, 9.17) is 18.9 Å². The number of carbonyl (C=O) groups excluding carboxylic acids is 3. The summed E-state index contributed by atoms with van der Waals surface area (Å²) in [4.78, 5) is 37.2. The van der Waals surface area contributed by atoms with Crippen LogP contribution in [-0.2, 0) is 33.3 Å². The van der Waals surface area contributed by atoms with Gasteiger partial charge in [-0.25, -0.2) is 0 Å². The third-order valence-electron chi connectivity index (χ3n) is 5.01. The molecular weight excluding hydrogens is 392 g/mol. The molecule has 0 saturated carbocycles. The molecule has 1 rings (SSSR count). The first-order valence-corrected chi connectivity index (χ1v) is 10.8. The van der Waals surface area contributed by atoms with Crippen LogP contribution in [0.5, 0.6) is 0 Å². The van der Waals surface area contributed by atoms with E-state index in [9.17, 15) is 14.4 Å². The molecule has 1 saturated heterocycles. The van der Waals surface area contributed by atoms with Gasteiger partial charge in [0.1, 0.15) is 6.61 Å². The van der Waals surface area contributed by atoms with Crippen molar-refractivity contribution in [1.82, 2.24) is 10.2 Å². The lowest BCUT2D eigenvalue weighted by atomic mass is 10.1. The summed E-state index contributed by atoms with van der Waals surface area (Å²) in [7, 11) is 3.30. The fourth-order valence-electron chi connectivity index (χ4n) is 3.31. The van der Waals surface area contributed by atoms with Gasteiger partial charge in [0.15, 0.2) is 5.78 Å². The molecule has 9 heteroatoms. The monoisotopic (exact) mass is 430 g/mol. The van der Waals surface area contributed by atoms with Crippen LogP contribution in [0.15, 0.2) is 0 Å². The van der Waals surface area contributed by atoms with Crippen molar-refractivity contribution in [3.05, 3.63) is 0 Å². The Kier molecular flexibility index (Phi) is 14.3. The average molecular weight is 431 g/mol. The van der Waals surface area contributed by atoms with E-state index in [2.05, 4.69) is 5.32 Å². The van der Waals surface area contributed by atoms with Crippen LogP contribution in [0.1, 0.15) is 45.4 Å². The number of methoxy groups -OCH3 is 2. The highest BCUT2D eigenvalue weighted by atomic mass is 16.5. The second-order valence-electron chi connectivity index (χ2n) is 7.36. The topological polar surface area (TPSA) is 103 Å². The minimum atomic E-state index is -0.00320. The van der Waals surface area contributed by atoms with Crippen LogP contribution in [0.3, 0.4) is 0 Å². The first kappa shape index (κ1) is 26.5. The van der Waals surface area contributed by atoms with E-state index in [1.54, 1.807) is 21.1 Å². The number of Topliss-reactive ketones (excluding diaryl/α,β-unsaturated/α-hetero) is 1. The first-order valence-electron chi connectivity index (χ1n) is 10.8. The number of likely N-dealkylation sites (tertiary alicyclic amines) is 1. The van der Waals surface area contributed by atoms with Crippen LogP contribution >= 0.6 is 0 Å². The van der Waals surface area contributed by atoms with Crippen LogP contribution in [0, 0.1) is 0 Å². The third kappa shape index (κ3) is 11.0. The quantitative estimate of drug-likeness (QED) is 0.343. The van der Waals surface area contributed by atoms with E-state index >= 15 is 0 Å². The van der Waals surface area contributed by atoms with Gasteiger partial charge in [0.05, 0.1) is 38.6 Å². The normalized spacial score (nSPS) is 18.6. The zero-order valence-corrected chi connectivity index (χ0v) is 18.7. The van der Waals surface area contributed by atoms with Crippen LogP contribution in [0.4, 0.5) is 0 Å². The predicted molar refractivity (Wildman–Crippen MR) is 111 cm³/mol. The second kappa shape index (κ2) is 16.2. The standard InChI is InChI=1S/C21H38N2O7/c1-4-20(25)22-9-10-29-11-12-30-16-18(24)7-5-6-8-21(26)23-14-19(28-3)13-17(23)15-27-2/h17,19H,4-16H2,1-3H3,(H,22,25)/t17-,19+/m1/s1. The maximum Gasteiger partial charge on any atom is 0.222 e. The second-order valence-corrected chi connectivity index (χ2v) is 7.36. The molecule has 9 nitrogen and oxygen atoms in total. The van der Waals surface area contributed by atoms with Crippen LogP contribution < -0.4 is 5.32 Å². The van der Waals surface area contributed by atoms with Gasteiger partial charge in [-0.3, -0.25) is 14.4 Å². The Labute approximate surface area is 179 Å². The highest BCUT2D eigenvalue weighted by Gasteiger charge is 2.34. The first-order chi connectivity index (χ1) is 14.5. The molecule has 0 spiro atoms. The molecule has 0 bridgehead atoms. The Morgan fingerprint density at radius 3 is 2.47 bits per heavy atom. The van der Waals surface area contributed by atoms with Gasteiger partial charge in [0.2, 0.25) is 11.8 Å². The Morgan fingerprint density at radius 2 is 1.77 bits per heavy atom. The molecule has 0 aromatic rings. The summed E-state index contributed by atoms with van der Waals surface area (Å²) in [6.45, 7) is 4.57. The van der Waals surface area contributed by atoms with Crippen LogP contribution in [0.2, 0.25) is 0 Å². The van der Waals surface area contributed by atoms with Gasteiger partial charge in [-0.15, -0.1) is 0 Å². The predicted octanol–water partition coefficient (Wildman–Crippen LogP) is 0.938. The lowest BCUT2D eigenvalue weighted by Gasteiger charge is -2.23. The smallest absolute Gasteiger partial charge is 0.222 e. The van der Waals surface area contributed by atoms with Crippen molar-refractivity contribution in [3.63, 3.8) is 0 Å². The minimum absolute atomic E-state index is 0.00320. The number of nitrogens with zero attached hydrogens (tertiary/aromatic N) is 1. The SMILES string of the molecule is CCC(=O)NCCOCCOCC(=O)CCCCC(=O)N1C[C@@H](OC)C[C@@H]1COC. The van der Waals surface area contributed by atoms with Gasteiger partial charge in [-0.1, -0.05) is 6.92 Å². The number of hydrogen-bond acceptors (Lipinski definition) is 7. The van der Waals surface area contributed by atoms with Crippen LogP contribution in [-0.4, -0.2) is 95.0 Å². The number of hydrogen-bond donors (Lipinski definition) is 1. The van der Waals surface area contributed by atoms with E-state index in [0.717, 1.165) is 6.42 Å². The molecule has 1 aliphatic heterocycles. The summed E-state index contributed by atoms with van der Waals surface area (Å²) in [6.07, 6.45) is 3.48. The van der Waals surface area contributed by atoms with E-state index < -0.39 is 0 Å². The number of ether oxygens (including phenoxy) is 4. The highest BCUT2D eigenvalue weighted by molar-refractivity contribution is 5.80. The molecule has 0 aromatic carbocycles. The van der Waals surface area contributed by atoms with Gasteiger partial charge in [0.25, 0.3) is 0 Å². The number of carbonyl (C=O) groups is 3. The molecule has 2 amide bonds. The molecule has 1 fully saturated rings. The number of ketones is 1. The molecule has 0 aromatic heterocycles. The summed E-state index contributed by atoms with van der Waals surface area (Å²) in [6, 6.07) is 0.0626. The van der Waals surface area contributed by atoms with Crippen molar-refractivity contribution in [1.29, 1.82) is 0 Å². The molecule has 1 aliphatic rings. The number of nitrogens with one attached hydrogen (secondary N) is 1. The molecule has 1 heterocycles. The summed E-state index contributed by atoms with van der Waals surface area (Å²) >= 11 is 0. The Hall–Kier alpha value is -1.55. The van der Waals surface area contributed by atoms with Gasteiger partial charge in [0, 0.05) is 46.6 Å². The molecule has 2 atom stereocenters. The average Bonchev–Trinajstić information content (AvgIpc) is 3.16. The Morgan fingerprint density at radius 1 is 1.03 bits per heavy atom. The fourth-order valence-corrected chi connectivity index (χ4v) is 3.31. The van der Waals surface area contributed by atoms with E-state index in [1.165, 1.54) is 0 Å². The molecule has 0 radical (unpaired) electrons. The molecular formula is C21H38N2O7. The van der Waals surface area contributed by atoms with Gasteiger partial charge >= 0.3 is 0 Å². The van der Waals surface area contributed by atoms with Gasteiger partial charge < -0.3 is 29.2 Å². The number of unbranched alkanes of at least 4 members (excludes halogenated alkanes) is 1. The molecule has 174 valence electrons. The maximum atomic E-state index is 12.5. The van der Waals surface area contributed by atoms with Crippen molar-refractivity contribution in [2.75, 3.05) is 60.3 Å². The van der Waals surface area contributed by atoms with E-state index in [-0.39, 0.29) is 36.4 Å². The molecule has 1 N–H and O–H groups in total. The zero-order valence-electron chi connectivity index (χ0n) is 18.7. The minimum Gasteiger partial charge on any atom is -0.383 e. The maximum absolute atomic E-state index is 12.5. The molecule has 0 unspecified atom stereocenters. The lowest BCUT2D eigenvalue weighted by molar-refractivity contribution is -0.133. The Balaban J connectivity index is 2.03. The highest BCUT2D eigenvalue weighted by Crippen LogP contribution is 2.22. The Bertz CT molecular complexity index is 516. The third-order valence-corrected chi connectivity index (χ3v) is 5.01. The van der Waals surface area contributed by atoms with Crippen molar-refractivity contribution in [2.24, 2.45) is 0 Å². The summed E-state index contributed by atoms with van der Waals surface area (Å²) in [5, 5.41) is 2.71. The van der Waals surface area contributed by atoms with E-state index in [1.807, 2.05) is 4.90 Å². The summed E-state index contributed by atoms with van der Waals surface area (Å²) in [5.41, 5.74) is 0. The lowest BCUT2D eigenvalue weighted by Crippen LogP contribution is -2.38. The summed E-state index contributed by atoms with van der Waals surface area (Å²) in [5.74, 6) is 0.111. The molecule has 30 heavy (non-hydrogen) atoms. The van der Waals surface area contributed by atoms with Gasteiger partial charge in [-0.2, -0.15) is 0 Å².